The van der Waals surface area contributed by atoms with Crippen LogP contribution in [0.5, 0.6) is 5.75 Å². The average Bonchev–Trinajstić information content (AvgIpc) is 3.21. The number of ether oxygens (including phenoxy) is 3. The molecule has 4 heterocycles. The number of anilines is 2. The summed E-state index contributed by atoms with van der Waals surface area (Å²) in [6.07, 6.45) is -2.71. The molecular weight excluding hydrogens is 453 g/mol. The molecule has 0 unspecified atom stereocenters. The van der Waals surface area contributed by atoms with Crippen LogP contribution in [-0.2, 0) is 28.6 Å². The minimum atomic E-state index is -4.48. The number of hydrogen-bond donors (Lipinski definition) is 0. The lowest BCUT2D eigenvalue weighted by Crippen LogP contribution is -2.37. The Morgan fingerprint density at radius 1 is 1.18 bits per heavy atom. The van der Waals surface area contributed by atoms with Crippen molar-refractivity contribution in [2.45, 2.75) is 44.9 Å². The molecule has 0 radical (unpaired) electrons. The van der Waals surface area contributed by atoms with Crippen LogP contribution in [-0.4, -0.2) is 60.8 Å². The van der Waals surface area contributed by atoms with Gasteiger partial charge in [0.05, 0.1) is 37.5 Å². The van der Waals surface area contributed by atoms with Crippen molar-refractivity contribution in [1.29, 1.82) is 0 Å². The van der Waals surface area contributed by atoms with Crippen LogP contribution < -0.4 is 9.64 Å². The summed E-state index contributed by atoms with van der Waals surface area (Å²) >= 11 is 0. The SMILES string of the molecule is COC(=O)N1CCc2c(c(N3CCOc4cc(C)c(C(F)(F)F)cc43)nn2C2CCOCC2)C1. The van der Waals surface area contributed by atoms with E-state index in [1.165, 1.54) is 20.1 Å². The van der Waals surface area contributed by atoms with Crippen LogP contribution in [0.2, 0.25) is 0 Å². The summed E-state index contributed by atoms with van der Waals surface area (Å²) in [5.41, 5.74) is 1.59. The molecule has 0 N–H and O–H groups in total. The Bertz CT molecular complexity index is 1090. The number of alkyl halides is 3. The molecule has 1 aromatic heterocycles. The number of aryl methyl sites for hydroxylation is 1. The van der Waals surface area contributed by atoms with Crippen molar-refractivity contribution in [3.63, 3.8) is 0 Å². The fourth-order valence-corrected chi connectivity index (χ4v) is 5.05. The number of aromatic nitrogens is 2. The van der Waals surface area contributed by atoms with Gasteiger partial charge in [-0.15, -0.1) is 0 Å². The number of carbonyl (C=O) groups is 1. The highest BCUT2D eigenvalue weighted by atomic mass is 19.4. The average molecular weight is 480 g/mol. The zero-order chi connectivity index (χ0) is 24.0. The van der Waals surface area contributed by atoms with E-state index in [1.54, 1.807) is 9.80 Å². The monoisotopic (exact) mass is 480 g/mol. The summed E-state index contributed by atoms with van der Waals surface area (Å²) in [7, 11) is 1.34. The minimum absolute atomic E-state index is 0.111. The summed E-state index contributed by atoms with van der Waals surface area (Å²) in [5.74, 6) is 0.961. The van der Waals surface area contributed by atoms with Gasteiger partial charge >= 0.3 is 12.3 Å². The lowest BCUT2D eigenvalue weighted by Gasteiger charge is -2.33. The molecule has 34 heavy (non-hydrogen) atoms. The minimum Gasteiger partial charge on any atom is -0.490 e. The Morgan fingerprint density at radius 2 is 1.94 bits per heavy atom. The van der Waals surface area contributed by atoms with E-state index < -0.39 is 17.8 Å². The van der Waals surface area contributed by atoms with Crippen LogP contribution in [0.25, 0.3) is 0 Å². The Kier molecular flexibility index (Phi) is 5.83. The second-order valence-corrected chi connectivity index (χ2v) is 8.81. The van der Waals surface area contributed by atoms with E-state index in [4.69, 9.17) is 19.3 Å². The first-order valence-electron chi connectivity index (χ1n) is 11.4. The van der Waals surface area contributed by atoms with Crippen LogP contribution in [0.15, 0.2) is 12.1 Å². The summed E-state index contributed by atoms with van der Waals surface area (Å²) in [6.45, 7) is 4.15. The molecule has 3 aliphatic rings. The quantitative estimate of drug-likeness (QED) is 0.641. The Morgan fingerprint density at radius 3 is 2.65 bits per heavy atom. The molecular formula is C23H27F3N4O4. The Hall–Kier alpha value is -2.95. The first-order chi connectivity index (χ1) is 16.3. The maximum absolute atomic E-state index is 13.7. The van der Waals surface area contributed by atoms with E-state index in [9.17, 15) is 18.0 Å². The van der Waals surface area contributed by atoms with Crippen molar-refractivity contribution >= 4 is 17.6 Å². The normalized spacial score (nSPS) is 18.9. The predicted molar refractivity (Wildman–Crippen MR) is 117 cm³/mol. The van der Waals surface area contributed by atoms with Gasteiger partial charge in [-0.1, -0.05) is 0 Å². The fourth-order valence-electron chi connectivity index (χ4n) is 5.05. The summed E-state index contributed by atoms with van der Waals surface area (Å²) in [4.78, 5) is 15.7. The van der Waals surface area contributed by atoms with Gasteiger partial charge < -0.3 is 24.0 Å². The highest BCUT2D eigenvalue weighted by Gasteiger charge is 2.37. The highest BCUT2D eigenvalue weighted by molar-refractivity contribution is 5.74. The molecule has 1 aromatic carbocycles. The zero-order valence-electron chi connectivity index (χ0n) is 19.2. The molecule has 0 bridgehead atoms. The van der Waals surface area contributed by atoms with Gasteiger partial charge in [0.1, 0.15) is 12.4 Å². The van der Waals surface area contributed by atoms with Crippen LogP contribution >= 0.6 is 0 Å². The van der Waals surface area contributed by atoms with Crippen LogP contribution in [0.3, 0.4) is 0 Å². The van der Waals surface area contributed by atoms with Crippen molar-refractivity contribution in [2.24, 2.45) is 0 Å². The first-order valence-corrected chi connectivity index (χ1v) is 11.4. The zero-order valence-corrected chi connectivity index (χ0v) is 19.2. The summed E-state index contributed by atoms with van der Waals surface area (Å²) < 4.78 is 59.3. The van der Waals surface area contributed by atoms with Gasteiger partial charge in [-0.25, -0.2) is 4.79 Å². The lowest BCUT2D eigenvalue weighted by atomic mass is 10.0. The van der Waals surface area contributed by atoms with E-state index in [2.05, 4.69) is 0 Å². The molecule has 11 heteroatoms. The third-order valence-corrected chi connectivity index (χ3v) is 6.76. The van der Waals surface area contributed by atoms with E-state index in [0.717, 1.165) is 30.2 Å². The fraction of sp³-hybridized carbons (Fsp3) is 0.565. The molecule has 1 amide bonds. The third-order valence-electron chi connectivity index (χ3n) is 6.76. The van der Waals surface area contributed by atoms with Crippen molar-refractivity contribution in [3.8, 4) is 5.75 Å². The van der Waals surface area contributed by atoms with Gasteiger partial charge in [-0.2, -0.15) is 18.3 Å². The number of carbonyl (C=O) groups excluding carboxylic acids is 1. The molecule has 2 aromatic rings. The van der Waals surface area contributed by atoms with E-state index in [0.29, 0.717) is 56.6 Å². The molecule has 8 nitrogen and oxygen atoms in total. The number of fused-ring (bicyclic) bond motifs is 2. The van der Waals surface area contributed by atoms with Crippen LogP contribution in [0, 0.1) is 6.92 Å². The number of halogens is 3. The molecule has 0 spiro atoms. The summed E-state index contributed by atoms with van der Waals surface area (Å²) in [5, 5.41) is 4.94. The molecule has 3 aliphatic heterocycles. The predicted octanol–water partition coefficient (Wildman–Crippen LogP) is 4.22. The maximum Gasteiger partial charge on any atom is 0.416 e. The second kappa shape index (κ2) is 8.68. The molecule has 0 atom stereocenters. The van der Waals surface area contributed by atoms with Gasteiger partial charge in [0.2, 0.25) is 0 Å². The molecule has 0 saturated carbocycles. The smallest absolute Gasteiger partial charge is 0.416 e. The highest BCUT2D eigenvalue weighted by Crippen LogP contribution is 2.44. The number of rotatable bonds is 2. The Balaban J connectivity index is 1.62. The van der Waals surface area contributed by atoms with Gasteiger partial charge in [0.15, 0.2) is 5.82 Å². The van der Waals surface area contributed by atoms with Gasteiger partial charge in [0, 0.05) is 37.4 Å². The largest absolute Gasteiger partial charge is 0.490 e. The number of hydrogen-bond acceptors (Lipinski definition) is 6. The van der Waals surface area contributed by atoms with Gasteiger partial charge in [0.25, 0.3) is 0 Å². The molecule has 184 valence electrons. The van der Waals surface area contributed by atoms with E-state index in [1.807, 2.05) is 4.68 Å². The third kappa shape index (κ3) is 3.95. The van der Waals surface area contributed by atoms with Crippen LogP contribution in [0.1, 0.15) is 41.3 Å². The van der Waals surface area contributed by atoms with Crippen molar-refractivity contribution in [3.05, 3.63) is 34.5 Å². The lowest BCUT2D eigenvalue weighted by molar-refractivity contribution is -0.138. The molecule has 0 aliphatic carbocycles. The standard InChI is InChI=1S/C23H27F3N4O4/c1-14-11-20-19(12-17(14)23(24,25)26)29(7-10-34-20)21-16-13-28(22(31)32-2)6-3-18(16)30(27-21)15-4-8-33-9-5-15/h11-12,15H,3-10,13H2,1-2H3. The van der Waals surface area contributed by atoms with Crippen molar-refractivity contribution < 1.29 is 32.2 Å². The Labute approximate surface area is 195 Å². The second-order valence-electron chi connectivity index (χ2n) is 8.81. The van der Waals surface area contributed by atoms with Crippen molar-refractivity contribution in [1.82, 2.24) is 14.7 Å². The molecule has 5 rings (SSSR count). The number of nitrogens with zero attached hydrogens (tertiary/aromatic N) is 4. The van der Waals surface area contributed by atoms with E-state index in [-0.39, 0.29) is 18.2 Å². The first kappa shape index (κ1) is 22.8. The number of amides is 1. The van der Waals surface area contributed by atoms with Crippen LogP contribution in [0.4, 0.5) is 29.5 Å². The number of methoxy groups -OCH3 is 1. The summed E-state index contributed by atoms with van der Waals surface area (Å²) in [6, 6.07) is 2.72. The molecule has 1 saturated heterocycles. The van der Waals surface area contributed by atoms with E-state index >= 15 is 0 Å². The maximum atomic E-state index is 13.7. The topological polar surface area (TPSA) is 69.1 Å². The number of benzene rings is 1. The molecule has 1 fully saturated rings. The van der Waals surface area contributed by atoms with Gasteiger partial charge in [-0.05, 0) is 37.5 Å². The van der Waals surface area contributed by atoms with Gasteiger partial charge in [-0.3, -0.25) is 4.68 Å². The van der Waals surface area contributed by atoms with Crippen molar-refractivity contribution in [2.75, 3.05) is 44.9 Å².